The summed E-state index contributed by atoms with van der Waals surface area (Å²) in [4.78, 5) is 50.9. The van der Waals surface area contributed by atoms with E-state index in [0.717, 1.165) is 21.6 Å². The fourth-order valence-electron chi connectivity index (χ4n) is 3.26. The number of carboxylic acid groups (broad SMARTS) is 2. The molecule has 0 radical (unpaired) electrons. The molecule has 8 nitrogen and oxygen atoms in total. The minimum absolute atomic E-state index is 0.0160. The maximum absolute atomic E-state index is 13.0. The number of thiocarbonyl (C=S) groups is 1. The summed E-state index contributed by atoms with van der Waals surface area (Å²) in [6, 6.07) is 5.39. The van der Waals surface area contributed by atoms with Crippen molar-refractivity contribution < 1.29 is 29.4 Å². The molecule has 0 aromatic heterocycles. The average molecular weight is 420 g/mol. The number of hydrogen-bond donors (Lipinski definition) is 2. The molecule has 0 bridgehead atoms. The highest BCUT2D eigenvalue weighted by Crippen LogP contribution is 2.45. The molecular formula is C18H16N2O6S2. The van der Waals surface area contributed by atoms with E-state index >= 15 is 0 Å². The number of hydrogen-bond acceptors (Lipinski definition) is 6. The summed E-state index contributed by atoms with van der Waals surface area (Å²) in [7, 11) is 0. The Morgan fingerprint density at radius 1 is 1.14 bits per heavy atom. The van der Waals surface area contributed by atoms with E-state index in [-0.39, 0.29) is 14.8 Å². The molecule has 2 N–H and O–H groups in total. The van der Waals surface area contributed by atoms with Crippen molar-refractivity contribution in [1.82, 2.24) is 4.90 Å². The van der Waals surface area contributed by atoms with Crippen LogP contribution in [-0.2, 0) is 19.2 Å². The number of benzene rings is 1. The van der Waals surface area contributed by atoms with Gasteiger partial charge in [-0.2, -0.15) is 0 Å². The maximum Gasteiger partial charge on any atom is 0.327 e. The number of carboxylic acids is 2. The highest BCUT2D eigenvalue weighted by Gasteiger charge is 2.46. The van der Waals surface area contributed by atoms with Crippen LogP contribution in [0.5, 0.6) is 0 Å². The van der Waals surface area contributed by atoms with Crippen LogP contribution in [0.25, 0.3) is 5.57 Å². The second-order valence-corrected chi connectivity index (χ2v) is 8.22. The first kappa shape index (κ1) is 20.0. The van der Waals surface area contributed by atoms with Gasteiger partial charge in [0.05, 0.1) is 16.2 Å². The summed E-state index contributed by atoms with van der Waals surface area (Å²) in [6.07, 6.45) is 0. The molecule has 2 amide bonds. The Labute approximate surface area is 169 Å². The number of nitrogens with zero attached hydrogens (tertiary/aromatic N) is 2. The molecule has 1 atom stereocenters. The molecule has 10 heteroatoms. The van der Waals surface area contributed by atoms with Crippen LogP contribution in [-0.4, -0.2) is 55.8 Å². The van der Waals surface area contributed by atoms with Crippen LogP contribution in [0.3, 0.4) is 0 Å². The van der Waals surface area contributed by atoms with E-state index < -0.39 is 42.3 Å². The number of anilines is 1. The van der Waals surface area contributed by atoms with E-state index in [1.807, 2.05) is 0 Å². The highest BCUT2D eigenvalue weighted by atomic mass is 32.2. The number of para-hydroxylation sites is 1. The fraction of sp³-hybridized carbons (Fsp3) is 0.278. The summed E-state index contributed by atoms with van der Waals surface area (Å²) in [6.45, 7) is 2.77. The van der Waals surface area contributed by atoms with Crippen LogP contribution in [0, 0.1) is 5.92 Å². The predicted molar refractivity (Wildman–Crippen MR) is 107 cm³/mol. The van der Waals surface area contributed by atoms with Crippen molar-refractivity contribution in [3.63, 3.8) is 0 Å². The normalized spacial score (nSPS) is 20.2. The van der Waals surface area contributed by atoms with E-state index in [2.05, 4.69) is 0 Å². The lowest BCUT2D eigenvalue weighted by molar-refractivity contribution is -0.146. The minimum atomic E-state index is -1.19. The predicted octanol–water partition coefficient (Wildman–Crippen LogP) is 1.80. The third kappa shape index (κ3) is 3.18. The largest absolute Gasteiger partial charge is 0.480 e. The van der Waals surface area contributed by atoms with E-state index in [1.54, 1.807) is 38.1 Å². The average Bonchev–Trinajstić information content (AvgIpc) is 3.03. The number of fused-ring (bicyclic) bond motifs is 1. The Kier molecular flexibility index (Phi) is 5.26. The van der Waals surface area contributed by atoms with Crippen LogP contribution in [0.2, 0.25) is 0 Å². The van der Waals surface area contributed by atoms with Gasteiger partial charge in [0.1, 0.15) is 16.9 Å². The molecule has 2 heterocycles. The number of amides is 2. The van der Waals surface area contributed by atoms with Gasteiger partial charge in [-0.05, 0) is 12.0 Å². The van der Waals surface area contributed by atoms with Crippen molar-refractivity contribution >= 4 is 63.3 Å². The Morgan fingerprint density at radius 3 is 2.36 bits per heavy atom. The zero-order valence-electron chi connectivity index (χ0n) is 14.9. The van der Waals surface area contributed by atoms with E-state index in [0.29, 0.717) is 11.3 Å². The SMILES string of the molecule is CC(C)C(C(=O)O)N1C(=O)/C(=C2/C(=O)N(CC(=O)O)c3ccccc32)SC1=S. The van der Waals surface area contributed by atoms with Crippen molar-refractivity contribution in [1.29, 1.82) is 0 Å². The Balaban J connectivity index is 2.12. The summed E-state index contributed by atoms with van der Waals surface area (Å²) < 4.78 is 0.0514. The van der Waals surface area contributed by atoms with Crippen molar-refractivity contribution in [2.45, 2.75) is 19.9 Å². The second-order valence-electron chi connectivity index (χ2n) is 6.58. The lowest BCUT2D eigenvalue weighted by Crippen LogP contribution is -2.47. The van der Waals surface area contributed by atoms with Gasteiger partial charge in [0, 0.05) is 5.56 Å². The topological polar surface area (TPSA) is 115 Å². The highest BCUT2D eigenvalue weighted by molar-refractivity contribution is 8.26. The third-order valence-corrected chi connectivity index (χ3v) is 5.81. The van der Waals surface area contributed by atoms with Crippen LogP contribution in [0.15, 0.2) is 29.2 Å². The summed E-state index contributed by atoms with van der Waals surface area (Å²) in [5, 5.41) is 18.6. The number of carbonyl (C=O) groups is 4. The van der Waals surface area contributed by atoms with Crippen molar-refractivity contribution in [3.05, 3.63) is 34.7 Å². The molecule has 3 rings (SSSR count). The van der Waals surface area contributed by atoms with E-state index in [9.17, 15) is 24.3 Å². The van der Waals surface area contributed by atoms with Gasteiger partial charge in [0.25, 0.3) is 11.8 Å². The van der Waals surface area contributed by atoms with Gasteiger partial charge in [-0.1, -0.05) is 56.0 Å². The Hall–Kier alpha value is -2.72. The molecular weight excluding hydrogens is 404 g/mol. The smallest absolute Gasteiger partial charge is 0.327 e. The Morgan fingerprint density at radius 2 is 1.79 bits per heavy atom. The van der Waals surface area contributed by atoms with Gasteiger partial charge in [-0.15, -0.1) is 0 Å². The van der Waals surface area contributed by atoms with Crippen LogP contribution in [0.1, 0.15) is 19.4 Å². The molecule has 146 valence electrons. The first-order chi connectivity index (χ1) is 13.1. The van der Waals surface area contributed by atoms with Gasteiger partial charge in [0.2, 0.25) is 0 Å². The van der Waals surface area contributed by atoms with Crippen LogP contribution in [0.4, 0.5) is 5.69 Å². The van der Waals surface area contributed by atoms with Crippen LogP contribution >= 0.6 is 24.0 Å². The van der Waals surface area contributed by atoms with Gasteiger partial charge in [0.15, 0.2) is 0 Å². The molecule has 1 aromatic carbocycles. The molecule has 28 heavy (non-hydrogen) atoms. The summed E-state index contributed by atoms with van der Waals surface area (Å²) >= 11 is 6.09. The maximum atomic E-state index is 13.0. The first-order valence-electron chi connectivity index (χ1n) is 8.30. The minimum Gasteiger partial charge on any atom is -0.480 e. The lowest BCUT2D eigenvalue weighted by atomic mass is 10.0. The molecule has 0 saturated carbocycles. The summed E-state index contributed by atoms with van der Waals surface area (Å²) in [5.41, 5.74) is 0.851. The lowest BCUT2D eigenvalue weighted by Gasteiger charge is -2.26. The van der Waals surface area contributed by atoms with E-state index in [4.69, 9.17) is 17.3 Å². The molecule has 1 fully saturated rings. The van der Waals surface area contributed by atoms with Crippen molar-refractivity contribution in [2.75, 3.05) is 11.4 Å². The fourth-order valence-corrected chi connectivity index (χ4v) is 4.66. The van der Waals surface area contributed by atoms with Gasteiger partial charge >= 0.3 is 11.9 Å². The number of rotatable bonds is 5. The molecule has 1 aromatic rings. The van der Waals surface area contributed by atoms with Crippen LogP contribution < -0.4 is 4.90 Å². The van der Waals surface area contributed by atoms with Crippen molar-refractivity contribution in [3.8, 4) is 0 Å². The molecule has 2 aliphatic heterocycles. The monoisotopic (exact) mass is 420 g/mol. The molecule has 1 unspecified atom stereocenters. The zero-order valence-corrected chi connectivity index (χ0v) is 16.5. The van der Waals surface area contributed by atoms with E-state index in [1.165, 1.54) is 0 Å². The van der Waals surface area contributed by atoms with Gasteiger partial charge < -0.3 is 10.2 Å². The molecule has 2 aliphatic rings. The third-order valence-electron chi connectivity index (χ3n) is 4.41. The zero-order chi connectivity index (χ0) is 20.7. The summed E-state index contributed by atoms with van der Waals surface area (Å²) in [5.74, 6) is -4.07. The number of aliphatic carboxylic acids is 2. The quantitative estimate of drug-likeness (QED) is 0.547. The molecule has 1 saturated heterocycles. The van der Waals surface area contributed by atoms with Crippen molar-refractivity contribution in [2.24, 2.45) is 5.92 Å². The Bertz CT molecular complexity index is 955. The standard InChI is InChI=1S/C18H16N2O6S2/c1-8(2)13(17(25)26)20-16(24)14(28-18(20)27)12-9-5-3-4-6-10(9)19(15(12)23)7-11(21)22/h3-6,8,13H,7H2,1-2H3,(H,21,22)(H,25,26)/b14-12-. The van der Waals surface area contributed by atoms with Gasteiger partial charge in [-0.3, -0.25) is 24.2 Å². The molecule has 0 aliphatic carbocycles. The second kappa shape index (κ2) is 7.36. The first-order valence-corrected chi connectivity index (χ1v) is 9.53. The number of carbonyl (C=O) groups excluding carboxylic acids is 2. The molecule has 0 spiro atoms. The number of thioether (sulfide) groups is 1. The van der Waals surface area contributed by atoms with Gasteiger partial charge in [-0.25, -0.2) is 4.79 Å².